The number of nitrogen functional groups attached to an aromatic ring is 1. The molecule has 0 aliphatic heterocycles. The highest BCUT2D eigenvalue weighted by Crippen LogP contribution is 2.29. The summed E-state index contributed by atoms with van der Waals surface area (Å²) in [7, 11) is 0. The van der Waals surface area contributed by atoms with Crippen molar-refractivity contribution in [3.8, 4) is 10.6 Å². The first kappa shape index (κ1) is 13.1. The van der Waals surface area contributed by atoms with Crippen molar-refractivity contribution in [1.29, 1.82) is 0 Å². The Morgan fingerprint density at radius 3 is 2.60 bits per heavy atom. The van der Waals surface area contributed by atoms with E-state index < -0.39 is 0 Å². The van der Waals surface area contributed by atoms with Gasteiger partial charge in [-0.05, 0) is 30.7 Å². The monoisotopic (exact) mass is 287 g/mol. The van der Waals surface area contributed by atoms with Gasteiger partial charge < -0.3 is 5.73 Å². The molecule has 2 aromatic heterocycles. The third kappa shape index (κ3) is 2.06. The Labute approximate surface area is 121 Å². The Kier molecular flexibility index (Phi) is 2.79. The normalized spacial score (nSPS) is 12.2. The summed E-state index contributed by atoms with van der Waals surface area (Å²) < 4.78 is 1.84. The average molecular weight is 287 g/mol. The van der Waals surface area contributed by atoms with E-state index >= 15 is 0 Å². The minimum Gasteiger partial charge on any atom is -0.399 e. The molecule has 0 aliphatic carbocycles. The van der Waals surface area contributed by atoms with Crippen molar-refractivity contribution in [2.24, 2.45) is 0 Å². The van der Waals surface area contributed by atoms with E-state index in [2.05, 4.69) is 42.1 Å². The van der Waals surface area contributed by atoms with Gasteiger partial charge in [0, 0.05) is 16.7 Å². The lowest BCUT2D eigenvalue weighted by atomic mass is 9.96. The zero-order chi connectivity index (χ0) is 14.5. The number of nitrogens with zero attached hydrogens (tertiary/aromatic N) is 4. The molecule has 0 atom stereocenters. The molecule has 0 unspecified atom stereocenters. The van der Waals surface area contributed by atoms with Gasteiger partial charge in [-0.3, -0.25) is 0 Å². The zero-order valence-electron chi connectivity index (χ0n) is 12.0. The first-order chi connectivity index (χ1) is 9.36. The second-order valence-corrected chi connectivity index (χ2v) is 6.90. The maximum Gasteiger partial charge on any atom is 0.235 e. The van der Waals surface area contributed by atoms with Gasteiger partial charge in [-0.15, -0.1) is 10.2 Å². The maximum atomic E-state index is 5.86. The smallest absolute Gasteiger partial charge is 0.235 e. The molecular weight excluding hydrogens is 270 g/mol. The van der Waals surface area contributed by atoms with Crippen molar-refractivity contribution < 1.29 is 0 Å². The van der Waals surface area contributed by atoms with Gasteiger partial charge in [-0.25, -0.2) is 0 Å². The molecule has 5 nitrogen and oxygen atoms in total. The molecule has 0 radical (unpaired) electrons. The molecule has 0 amide bonds. The van der Waals surface area contributed by atoms with Crippen LogP contribution in [0.4, 0.5) is 5.69 Å². The van der Waals surface area contributed by atoms with Crippen LogP contribution < -0.4 is 5.73 Å². The summed E-state index contributed by atoms with van der Waals surface area (Å²) in [4.78, 5) is 0.819. The van der Waals surface area contributed by atoms with E-state index in [1.54, 1.807) is 0 Å². The number of aryl methyl sites for hydroxylation is 1. The fraction of sp³-hybridized carbons (Fsp3) is 0.357. The van der Waals surface area contributed by atoms with Gasteiger partial charge in [0.25, 0.3) is 0 Å². The Hall–Kier alpha value is -1.95. The van der Waals surface area contributed by atoms with E-state index in [4.69, 9.17) is 5.73 Å². The Bertz CT molecular complexity index is 779. The quantitative estimate of drug-likeness (QED) is 0.698. The molecule has 0 bridgehead atoms. The number of hydrogen-bond acceptors (Lipinski definition) is 5. The van der Waals surface area contributed by atoms with Crippen LogP contribution in [0.2, 0.25) is 0 Å². The zero-order valence-corrected chi connectivity index (χ0v) is 12.8. The number of fused-ring (bicyclic) bond motifs is 1. The van der Waals surface area contributed by atoms with Gasteiger partial charge in [0.1, 0.15) is 5.01 Å². The maximum absolute atomic E-state index is 5.86. The van der Waals surface area contributed by atoms with Crippen molar-refractivity contribution in [1.82, 2.24) is 19.8 Å². The molecular formula is C14H17N5S. The van der Waals surface area contributed by atoms with Gasteiger partial charge in [-0.2, -0.15) is 9.61 Å². The molecule has 2 N–H and O–H groups in total. The van der Waals surface area contributed by atoms with Crippen LogP contribution in [-0.2, 0) is 5.41 Å². The van der Waals surface area contributed by atoms with E-state index in [1.165, 1.54) is 11.3 Å². The topological polar surface area (TPSA) is 69.1 Å². The molecule has 0 aliphatic rings. The summed E-state index contributed by atoms with van der Waals surface area (Å²) in [5.74, 6) is 0.877. The molecule has 0 saturated carbocycles. The molecule has 0 spiro atoms. The lowest BCUT2D eigenvalue weighted by molar-refractivity contribution is 0.528. The molecule has 20 heavy (non-hydrogen) atoms. The molecule has 3 aromatic rings. The summed E-state index contributed by atoms with van der Waals surface area (Å²) in [6.45, 7) is 8.32. The molecule has 3 rings (SSSR count). The van der Waals surface area contributed by atoms with Gasteiger partial charge >= 0.3 is 0 Å². The van der Waals surface area contributed by atoms with Gasteiger partial charge in [0.2, 0.25) is 4.96 Å². The van der Waals surface area contributed by atoms with E-state index in [0.29, 0.717) is 0 Å². The van der Waals surface area contributed by atoms with Crippen LogP contribution in [0.5, 0.6) is 0 Å². The van der Waals surface area contributed by atoms with Crippen LogP contribution in [0.1, 0.15) is 32.2 Å². The molecule has 2 heterocycles. The number of rotatable bonds is 1. The predicted molar refractivity (Wildman–Crippen MR) is 81.9 cm³/mol. The van der Waals surface area contributed by atoms with E-state index in [1.807, 2.05) is 23.6 Å². The SMILES string of the molecule is Cc1cc(-c2nn3c(C(C)(C)C)nnc3s2)ccc1N. The fourth-order valence-corrected chi connectivity index (χ4v) is 2.85. The minimum absolute atomic E-state index is 0.0816. The van der Waals surface area contributed by atoms with E-state index in [9.17, 15) is 0 Å². The summed E-state index contributed by atoms with van der Waals surface area (Å²) in [6, 6.07) is 5.96. The first-order valence-electron chi connectivity index (χ1n) is 6.45. The average Bonchev–Trinajstić information content (AvgIpc) is 2.90. The standard InChI is InChI=1S/C14H17N5S/c1-8-7-9(5-6-10(8)15)11-18-19-12(14(2,3)4)16-17-13(19)20-11/h5-7H,15H2,1-4H3. The van der Waals surface area contributed by atoms with Crippen LogP contribution in [-0.4, -0.2) is 19.8 Å². The summed E-state index contributed by atoms with van der Waals surface area (Å²) in [5.41, 5.74) is 8.70. The number of benzene rings is 1. The highest BCUT2D eigenvalue weighted by molar-refractivity contribution is 7.19. The first-order valence-corrected chi connectivity index (χ1v) is 7.27. The number of hydrogen-bond donors (Lipinski definition) is 1. The van der Waals surface area contributed by atoms with Gasteiger partial charge in [-0.1, -0.05) is 32.1 Å². The van der Waals surface area contributed by atoms with Crippen molar-refractivity contribution in [3.05, 3.63) is 29.6 Å². The van der Waals surface area contributed by atoms with Gasteiger partial charge in [0.15, 0.2) is 5.82 Å². The lowest BCUT2D eigenvalue weighted by Crippen LogP contribution is -2.16. The second kappa shape index (κ2) is 4.28. The van der Waals surface area contributed by atoms with Crippen LogP contribution in [0.25, 0.3) is 15.5 Å². The number of anilines is 1. The summed E-state index contributed by atoms with van der Waals surface area (Å²) in [6.07, 6.45) is 0. The van der Waals surface area contributed by atoms with E-state index in [-0.39, 0.29) is 5.41 Å². The second-order valence-electron chi connectivity index (χ2n) is 5.95. The number of nitrogens with two attached hydrogens (primary N) is 1. The third-order valence-electron chi connectivity index (χ3n) is 3.18. The Morgan fingerprint density at radius 2 is 1.95 bits per heavy atom. The summed E-state index contributed by atoms with van der Waals surface area (Å²) in [5, 5.41) is 14.0. The molecule has 1 aromatic carbocycles. The van der Waals surface area contributed by atoms with Crippen LogP contribution in [0.3, 0.4) is 0 Å². The third-order valence-corrected chi connectivity index (χ3v) is 4.13. The van der Waals surface area contributed by atoms with Crippen molar-refractivity contribution in [2.75, 3.05) is 5.73 Å². The summed E-state index contributed by atoms with van der Waals surface area (Å²) >= 11 is 1.54. The highest BCUT2D eigenvalue weighted by atomic mass is 32.1. The minimum atomic E-state index is -0.0816. The molecule has 0 saturated heterocycles. The van der Waals surface area contributed by atoms with Crippen LogP contribution >= 0.6 is 11.3 Å². The molecule has 6 heteroatoms. The van der Waals surface area contributed by atoms with Crippen LogP contribution in [0.15, 0.2) is 18.2 Å². The highest BCUT2D eigenvalue weighted by Gasteiger charge is 2.23. The largest absolute Gasteiger partial charge is 0.399 e. The van der Waals surface area contributed by atoms with Crippen molar-refractivity contribution >= 4 is 22.0 Å². The van der Waals surface area contributed by atoms with Crippen LogP contribution in [0, 0.1) is 6.92 Å². The fourth-order valence-electron chi connectivity index (χ4n) is 2.01. The molecule has 104 valence electrons. The predicted octanol–water partition coefficient (Wildman–Crippen LogP) is 3.04. The van der Waals surface area contributed by atoms with E-state index in [0.717, 1.165) is 32.6 Å². The Balaban J connectivity index is 2.14. The van der Waals surface area contributed by atoms with Crippen molar-refractivity contribution in [2.45, 2.75) is 33.1 Å². The lowest BCUT2D eigenvalue weighted by Gasteiger charge is -2.13. The molecule has 0 fully saturated rings. The number of aromatic nitrogens is 4. The van der Waals surface area contributed by atoms with Gasteiger partial charge in [0.05, 0.1) is 0 Å². The van der Waals surface area contributed by atoms with Crippen molar-refractivity contribution in [3.63, 3.8) is 0 Å². The Morgan fingerprint density at radius 1 is 1.20 bits per heavy atom.